The molecule has 0 N–H and O–H groups in total. The van der Waals surface area contributed by atoms with Gasteiger partial charge in [0.05, 0.1) is 4.92 Å². The van der Waals surface area contributed by atoms with Crippen molar-refractivity contribution in [2.75, 3.05) is 25.5 Å². The number of hydrogen-bond donors (Lipinski definition) is 0. The standard InChI is InChI=1S/C20H21N3O4/c1-21(2)20(25)17-9-6-12-22(17)16-11-10-15(13-18(16)23(26)27)19(24)14-7-4-3-5-8-14/h3-5,7-8,10-11,13,17H,6,9,12H2,1-2H3/t17-/m0/s1. The van der Waals surface area contributed by atoms with E-state index in [9.17, 15) is 19.7 Å². The molecule has 1 saturated heterocycles. The van der Waals surface area contributed by atoms with Gasteiger partial charge < -0.3 is 9.80 Å². The molecule has 0 radical (unpaired) electrons. The lowest BCUT2D eigenvalue weighted by molar-refractivity contribution is -0.384. The van der Waals surface area contributed by atoms with E-state index in [1.165, 1.54) is 11.0 Å². The van der Waals surface area contributed by atoms with Crippen LogP contribution in [0, 0.1) is 10.1 Å². The number of hydrogen-bond acceptors (Lipinski definition) is 5. The van der Waals surface area contributed by atoms with Gasteiger partial charge in [0.1, 0.15) is 11.7 Å². The monoisotopic (exact) mass is 367 g/mol. The summed E-state index contributed by atoms with van der Waals surface area (Å²) in [4.78, 5) is 39.5. The molecule has 1 atom stereocenters. The van der Waals surface area contributed by atoms with Crippen molar-refractivity contribution < 1.29 is 14.5 Å². The number of nitrogens with zero attached hydrogens (tertiary/aromatic N) is 3. The van der Waals surface area contributed by atoms with Gasteiger partial charge in [0.15, 0.2) is 5.78 Å². The van der Waals surface area contributed by atoms with Crippen molar-refractivity contribution >= 4 is 23.1 Å². The Balaban J connectivity index is 1.99. The fraction of sp³-hybridized carbons (Fsp3) is 0.300. The number of anilines is 1. The van der Waals surface area contributed by atoms with Gasteiger partial charge in [0.2, 0.25) is 5.91 Å². The van der Waals surface area contributed by atoms with E-state index in [0.29, 0.717) is 24.2 Å². The van der Waals surface area contributed by atoms with Gasteiger partial charge in [-0.3, -0.25) is 19.7 Å². The summed E-state index contributed by atoms with van der Waals surface area (Å²) in [5, 5.41) is 11.7. The van der Waals surface area contributed by atoms with E-state index in [0.717, 1.165) is 6.42 Å². The fourth-order valence-electron chi connectivity index (χ4n) is 3.42. The Morgan fingerprint density at radius 1 is 1.11 bits per heavy atom. The first kappa shape index (κ1) is 18.6. The Morgan fingerprint density at radius 3 is 2.44 bits per heavy atom. The van der Waals surface area contributed by atoms with E-state index >= 15 is 0 Å². The summed E-state index contributed by atoms with van der Waals surface area (Å²) in [6, 6.07) is 12.7. The molecule has 1 aliphatic heterocycles. The molecule has 7 nitrogen and oxygen atoms in total. The van der Waals surface area contributed by atoms with Crippen LogP contribution in [0.3, 0.4) is 0 Å². The number of nitro benzene ring substituents is 1. The molecule has 3 rings (SSSR count). The van der Waals surface area contributed by atoms with Crippen molar-refractivity contribution in [3.05, 3.63) is 69.8 Å². The molecule has 0 aromatic heterocycles. The molecule has 1 fully saturated rings. The number of carbonyl (C=O) groups is 2. The predicted molar refractivity (Wildman–Crippen MR) is 102 cm³/mol. The highest BCUT2D eigenvalue weighted by Gasteiger charge is 2.35. The second-order valence-corrected chi connectivity index (χ2v) is 6.74. The number of carbonyl (C=O) groups excluding carboxylic acids is 2. The molecule has 27 heavy (non-hydrogen) atoms. The van der Waals surface area contributed by atoms with Crippen molar-refractivity contribution in [2.24, 2.45) is 0 Å². The van der Waals surface area contributed by atoms with Gasteiger partial charge in [-0.25, -0.2) is 0 Å². The average molecular weight is 367 g/mol. The molecule has 0 aliphatic carbocycles. The second kappa shape index (κ2) is 7.57. The van der Waals surface area contributed by atoms with Gasteiger partial charge >= 0.3 is 0 Å². The van der Waals surface area contributed by atoms with Crippen molar-refractivity contribution in [3.63, 3.8) is 0 Å². The number of amides is 1. The molecule has 1 aliphatic rings. The second-order valence-electron chi connectivity index (χ2n) is 6.74. The maximum absolute atomic E-state index is 12.6. The lowest BCUT2D eigenvalue weighted by atomic mass is 10.0. The minimum absolute atomic E-state index is 0.0776. The summed E-state index contributed by atoms with van der Waals surface area (Å²) in [5.41, 5.74) is 0.949. The molecule has 0 spiro atoms. The molecule has 0 saturated carbocycles. The van der Waals surface area contributed by atoms with Gasteiger partial charge in [0.25, 0.3) is 5.69 Å². The molecule has 2 aromatic carbocycles. The van der Waals surface area contributed by atoms with Crippen molar-refractivity contribution in [2.45, 2.75) is 18.9 Å². The first-order valence-electron chi connectivity index (χ1n) is 8.76. The van der Waals surface area contributed by atoms with E-state index in [4.69, 9.17) is 0 Å². The van der Waals surface area contributed by atoms with E-state index in [1.807, 2.05) is 0 Å². The van der Waals surface area contributed by atoms with Gasteiger partial charge in [-0.15, -0.1) is 0 Å². The third-order valence-electron chi connectivity index (χ3n) is 4.76. The Labute approximate surface area is 157 Å². The molecule has 1 amide bonds. The first-order valence-corrected chi connectivity index (χ1v) is 8.76. The number of nitro groups is 1. The predicted octanol–water partition coefficient (Wildman–Crippen LogP) is 2.88. The molecule has 7 heteroatoms. The van der Waals surface area contributed by atoms with Gasteiger partial charge in [-0.2, -0.15) is 0 Å². The van der Waals surface area contributed by atoms with Crippen molar-refractivity contribution in [1.29, 1.82) is 0 Å². The molecular weight excluding hydrogens is 346 g/mol. The molecule has 0 bridgehead atoms. The zero-order valence-corrected chi connectivity index (χ0v) is 15.3. The summed E-state index contributed by atoms with van der Waals surface area (Å²) < 4.78 is 0. The summed E-state index contributed by atoms with van der Waals surface area (Å²) >= 11 is 0. The summed E-state index contributed by atoms with van der Waals surface area (Å²) in [6.07, 6.45) is 1.44. The smallest absolute Gasteiger partial charge is 0.293 e. The average Bonchev–Trinajstić information content (AvgIpc) is 3.16. The van der Waals surface area contributed by atoms with Crippen LogP contribution in [-0.4, -0.2) is 48.2 Å². The van der Waals surface area contributed by atoms with Crippen molar-refractivity contribution in [1.82, 2.24) is 4.90 Å². The topological polar surface area (TPSA) is 83.8 Å². The summed E-state index contributed by atoms with van der Waals surface area (Å²) in [5.74, 6) is -0.348. The highest BCUT2D eigenvalue weighted by molar-refractivity contribution is 6.09. The van der Waals surface area contributed by atoms with Crippen LogP contribution in [0.5, 0.6) is 0 Å². The highest BCUT2D eigenvalue weighted by Crippen LogP contribution is 2.35. The Morgan fingerprint density at radius 2 is 1.81 bits per heavy atom. The van der Waals surface area contributed by atoms with Gasteiger partial charge in [-0.1, -0.05) is 30.3 Å². The van der Waals surface area contributed by atoms with E-state index in [-0.39, 0.29) is 22.9 Å². The van der Waals surface area contributed by atoms with Crippen LogP contribution in [0.1, 0.15) is 28.8 Å². The van der Waals surface area contributed by atoms with Crippen LogP contribution in [0.4, 0.5) is 11.4 Å². The fourth-order valence-corrected chi connectivity index (χ4v) is 3.42. The highest BCUT2D eigenvalue weighted by atomic mass is 16.6. The normalized spacial score (nSPS) is 16.2. The van der Waals surface area contributed by atoms with Gasteiger partial charge in [0, 0.05) is 37.8 Å². The minimum atomic E-state index is -0.493. The lowest BCUT2D eigenvalue weighted by Crippen LogP contribution is -2.43. The molecule has 140 valence electrons. The van der Waals surface area contributed by atoms with Crippen LogP contribution in [0.15, 0.2) is 48.5 Å². The van der Waals surface area contributed by atoms with E-state index in [1.54, 1.807) is 61.5 Å². The SMILES string of the molecule is CN(C)C(=O)[C@@H]1CCCN1c1ccc(C(=O)c2ccccc2)cc1[N+](=O)[O-]. The number of rotatable bonds is 5. The maximum Gasteiger partial charge on any atom is 0.293 e. The Bertz CT molecular complexity index is 880. The van der Waals surface area contributed by atoms with Crippen LogP contribution >= 0.6 is 0 Å². The molecule has 2 aromatic rings. The largest absolute Gasteiger partial charge is 0.354 e. The van der Waals surface area contributed by atoms with Crippen molar-refractivity contribution in [3.8, 4) is 0 Å². The maximum atomic E-state index is 12.6. The van der Waals surface area contributed by atoms with Crippen LogP contribution in [0.25, 0.3) is 0 Å². The Hall–Kier alpha value is -3.22. The summed E-state index contributed by atoms with van der Waals surface area (Å²) in [7, 11) is 3.35. The zero-order valence-electron chi connectivity index (χ0n) is 15.3. The third-order valence-corrected chi connectivity index (χ3v) is 4.76. The first-order chi connectivity index (χ1) is 12.9. The van der Waals surface area contributed by atoms with E-state index < -0.39 is 11.0 Å². The molecule has 1 heterocycles. The quantitative estimate of drug-likeness (QED) is 0.461. The number of likely N-dealkylation sites (N-methyl/N-ethyl adjacent to an activating group) is 1. The lowest BCUT2D eigenvalue weighted by Gasteiger charge is -2.27. The third kappa shape index (κ3) is 3.67. The van der Waals surface area contributed by atoms with Crippen LogP contribution in [0.2, 0.25) is 0 Å². The van der Waals surface area contributed by atoms with Gasteiger partial charge in [-0.05, 0) is 25.0 Å². The number of benzene rings is 2. The van der Waals surface area contributed by atoms with Crippen LogP contribution in [-0.2, 0) is 4.79 Å². The minimum Gasteiger partial charge on any atom is -0.354 e. The van der Waals surface area contributed by atoms with E-state index in [2.05, 4.69) is 0 Å². The Kier molecular flexibility index (Phi) is 5.21. The zero-order chi connectivity index (χ0) is 19.6. The summed E-state index contributed by atoms with van der Waals surface area (Å²) in [6.45, 7) is 0.567. The molecule has 0 unspecified atom stereocenters. The molecular formula is C20H21N3O4. The van der Waals surface area contributed by atoms with Crippen LogP contribution < -0.4 is 4.90 Å². The number of ketones is 1.